The van der Waals surface area contributed by atoms with Crippen molar-refractivity contribution < 1.29 is 4.74 Å². The Labute approximate surface area is 120 Å². The molecule has 0 radical (unpaired) electrons. The van der Waals surface area contributed by atoms with E-state index in [4.69, 9.17) is 4.74 Å². The molecule has 2 unspecified atom stereocenters. The monoisotopic (exact) mass is 268 g/mol. The van der Waals surface area contributed by atoms with E-state index in [1.165, 1.54) is 16.7 Å². The van der Waals surface area contributed by atoms with E-state index in [9.17, 15) is 0 Å². The van der Waals surface area contributed by atoms with Crippen LogP contribution in [0.3, 0.4) is 0 Å². The van der Waals surface area contributed by atoms with Gasteiger partial charge >= 0.3 is 0 Å². The van der Waals surface area contributed by atoms with Gasteiger partial charge in [-0.25, -0.2) is 0 Å². The SMILES string of the molecule is CNC(c1cncc(C)c1)C1COc2ccccc2C1. The Kier molecular flexibility index (Phi) is 3.70. The number of aryl methyl sites for hydroxylation is 1. The summed E-state index contributed by atoms with van der Waals surface area (Å²) < 4.78 is 5.91. The number of hydrogen-bond donors (Lipinski definition) is 1. The summed E-state index contributed by atoms with van der Waals surface area (Å²) in [5.74, 6) is 1.46. The summed E-state index contributed by atoms with van der Waals surface area (Å²) in [6.07, 6.45) is 4.88. The molecule has 3 nitrogen and oxygen atoms in total. The predicted octanol–water partition coefficient (Wildman–Crippen LogP) is 2.90. The lowest BCUT2D eigenvalue weighted by atomic mass is 9.87. The maximum Gasteiger partial charge on any atom is 0.122 e. The van der Waals surface area contributed by atoms with Gasteiger partial charge in [0.1, 0.15) is 5.75 Å². The summed E-state index contributed by atoms with van der Waals surface area (Å²) in [4.78, 5) is 4.31. The van der Waals surface area contributed by atoms with Crippen LogP contribution in [0.4, 0.5) is 0 Å². The van der Waals surface area contributed by atoms with Crippen LogP contribution in [0.25, 0.3) is 0 Å². The van der Waals surface area contributed by atoms with E-state index >= 15 is 0 Å². The maximum atomic E-state index is 5.91. The number of hydrogen-bond acceptors (Lipinski definition) is 3. The highest BCUT2D eigenvalue weighted by atomic mass is 16.5. The van der Waals surface area contributed by atoms with Gasteiger partial charge in [0.05, 0.1) is 6.61 Å². The van der Waals surface area contributed by atoms with E-state index in [-0.39, 0.29) is 6.04 Å². The molecule has 2 atom stereocenters. The van der Waals surface area contributed by atoms with E-state index < -0.39 is 0 Å². The van der Waals surface area contributed by atoms with Gasteiger partial charge in [-0.2, -0.15) is 0 Å². The number of ether oxygens (including phenoxy) is 1. The average Bonchev–Trinajstić information content (AvgIpc) is 2.48. The summed E-state index contributed by atoms with van der Waals surface area (Å²) in [5.41, 5.74) is 3.73. The van der Waals surface area contributed by atoms with Crippen LogP contribution in [0.5, 0.6) is 5.75 Å². The first kappa shape index (κ1) is 13.1. The van der Waals surface area contributed by atoms with Crippen LogP contribution in [0.15, 0.2) is 42.7 Å². The average molecular weight is 268 g/mol. The number of aromatic nitrogens is 1. The molecular weight excluding hydrogens is 248 g/mol. The highest BCUT2D eigenvalue weighted by Gasteiger charge is 2.27. The number of nitrogens with zero attached hydrogens (tertiary/aromatic N) is 1. The molecule has 0 saturated carbocycles. The predicted molar refractivity (Wildman–Crippen MR) is 79.9 cm³/mol. The van der Waals surface area contributed by atoms with Crippen molar-refractivity contribution in [2.75, 3.05) is 13.7 Å². The van der Waals surface area contributed by atoms with Crippen LogP contribution in [0.1, 0.15) is 22.7 Å². The van der Waals surface area contributed by atoms with Crippen molar-refractivity contribution >= 4 is 0 Å². The van der Waals surface area contributed by atoms with Crippen LogP contribution in [0.2, 0.25) is 0 Å². The molecule has 1 aliphatic heterocycles. The molecular formula is C17H20N2O. The number of nitrogens with one attached hydrogen (secondary N) is 1. The third-order valence-electron chi connectivity index (χ3n) is 3.95. The van der Waals surface area contributed by atoms with Gasteiger partial charge in [-0.05, 0) is 43.1 Å². The van der Waals surface area contributed by atoms with E-state index in [1.54, 1.807) is 0 Å². The van der Waals surface area contributed by atoms with Gasteiger partial charge < -0.3 is 10.1 Å². The Morgan fingerprint density at radius 3 is 2.95 bits per heavy atom. The standard InChI is InChI=1S/C17H20N2O/c1-12-7-14(10-19-9-12)17(18-2)15-8-13-5-3-4-6-16(13)20-11-15/h3-7,9-10,15,17-18H,8,11H2,1-2H3. The van der Waals surface area contributed by atoms with Crippen molar-refractivity contribution in [2.24, 2.45) is 5.92 Å². The van der Waals surface area contributed by atoms with Gasteiger partial charge in [0.15, 0.2) is 0 Å². The molecule has 0 spiro atoms. The molecule has 0 aliphatic carbocycles. The molecule has 2 aromatic rings. The molecule has 2 heterocycles. The minimum Gasteiger partial charge on any atom is -0.493 e. The topological polar surface area (TPSA) is 34.2 Å². The third kappa shape index (κ3) is 2.54. The molecule has 3 rings (SSSR count). The zero-order valence-corrected chi connectivity index (χ0v) is 12.0. The van der Waals surface area contributed by atoms with Crippen LogP contribution in [-0.2, 0) is 6.42 Å². The molecule has 1 aliphatic rings. The van der Waals surface area contributed by atoms with Gasteiger partial charge in [0.2, 0.25) is 0 Å². The fourth-order valence-corrected chi connectivity index (χ4v) is 2.99. The van der Waals surface area contributed by atoms with Gasteiger partial charge in [-0.1, -0.05) is 24.3 Å². The minimum absolute atomic E-state index is 0.274. The fraction of sp³-hybridized carbons (Fsp3) is 0.353. The Hall–Kier alpha value is -1.87. The van der Waals surface area contributed by atoms with E-state index in [2.05, 4.69) is 35.4 Å². The first-order valence-corrected chi connectivity index (χ1v) is 7.07. The summed E-state index contributed by atoms with van der Waals surface area (Å²) >= 11 is 0. The Morgan fingerprint density at radius 2 is 2.15 bits per heavy atom. The minimum atomic E-state index is 0.274. The van der Waals surface area contributed by atoms with Gasteiger partial charge in [0.25, 0.3) is 0 Å². The van der Waals surface area contributed by atoms with E-state index in [0.717, 1.165) is 18.8 Å². The molecule has 0 amide bonds. The smallest absolute Gasteiger partial charge is 0.122 e. The number of fused-ring (bicyclic) bond motifs is 1. The number of rotatable bonds is 3. The van der Waals surface area contributed by atoms with Crippen LogP contribution in [0, 0.1) is 12.8 Å². The van der Waals surface area contributed by atoms with Crippen molar-refractivity contribution in [1.29, 1.82) is 0 Å². The molecule has 0 saturated heterocycles. The second kappa shape index (κ2) is 5.63. The zero-order valence-electron chi connectivity index (χ0n) is 12.0. The Morgan fingerprint density at radius 1 is 1.30 bits per heavy atom. The normalized spacial score (nSPS) is 19.0. The molecule has 3 heteroatoms. The lowest BCUT2D eigenvalue weighted by Crippen LogP contribution is -2.33. The number of para-hydroxylation sites is 1. The van der Waals surface area contributed by atoms with Gasteiger partial charge in [-0.15, -0.1) is 0 Å². The van der Waals surface area contributed by atoms with Crippen molar-refractivity contribution in [2.45, 2.75) is 19.4 Å². The second-order valence-electron chi connectivity index (χ2n) is 5.44. The number of benzene rings is 1. The molecule has 1 N–H and O–H groups in total. The Bertz CT molecular complexity index is 597. The molecule has 0 bridgehead atoms. The molecule has 104 valence electrons. The van der Waals surface area contributed by atoms with Crippen LogP contribution >= 0.6 is 0 Å². The van der Waals surface area contributed by atoms with E-state index in [0.29, 0.717) is 5.92 Å². The van der Waals surface area contributed by atoms with Crippen LogP contribution < -0.4 is 10.1 Å². The van der Waals surface area contributed by atoms with Crippen LogP contribution in [-0.4, -0.2) is 18.6 Å². The molecule has 1 aromatic heterocycles. The first-order chi connectivity index (χ1) is 9.78. The lowest BCUT2D eigenvalue weighted by molar-refractivity contribution is 0.188. The quantitative estimate of drug-likeness (QED) is 0.929. The van der Waals surface area contributed by atoms with Crippen molar-refractivity contribution in [1.82, 2.24) is 10.3 Å². The molecule has 1 aromatic carbocycles. The largest absolute Gasteiger partial charge is 0.493 e. The summed E-state index contributed by atoms with van der Waals surface area (Å²) in [5, 5.41) is 3.43. The Balaban J connectivity index is 1.85. The summed E-state index contributed by atoms with van der Waals surface area (Å²) in [7, 11) is 2.01. The second-order valence-corrected chi connectivity index (χ2v) is 5.44. The van der Waals surface area contributed by atoms with Crippen molar-refractivity contribution in [3.05, 3.63) is 59.4 Å². The van der Waals surface area contributed by atoms with Gasteiger partial charge in [-0.3, -0.25) is 4.98 Å². The number of pyridine rings is 1. The maximum absolute atomic E-state index is 5.91. The van der Waals surface area contributed by atoms with Gasteiger partial charge in [0, 0.05) is 24.4 Å². The third-order valence-corrected chi connectivity index (χ3v) is 3.95. The summed E-state index contributed by atoms with van der Waals surface area (Å²) in [6, 6.07) is 10.8. The molecule has 0 fully saturated rings. The summed E-state index contributed by atoms with van der Waals surface area (Å²) in [6.45, 7) is 2.83. The molecule has 20 heavy (non-hydrogen) atoms. The van der Waals surface area contributed by atoms with E-state index in [1.807, 2.05) is 31.6 Å². The highest BCUT2D eigenvalue weighted by molar-refractivity contribution is 5.36. The fourth-order valence-electron chi connectivity index (χ4n) is 2.99. The first-order valence-electron chi connectivity index (χ1n) is 7.07. The highest BCUT2D eigenvalue weighted by Crippen LogP contribution is 2.33. The van der Waals surface area contributed by atoms with Crippen molar-refractivity contribution in [3.63, 3.8) is 0 Å². The zero-order chi connectivity index (χ0) is 13.9. The van der Waals surface area contributed by atoms with Crippen molar-refractivity contribution in [3.8, 4) is 5.75 Å². The lowest BCUT2D eigenvalue weighted by Gasteiger charge is -2.31.